The molecule has 0 aliphatic heterocycles. The lowest BCUT2D eigenvalue weighted by Crippen LogP contribution is -2.43. The predicted octanol–water partition coefficient (Wildman–Crippen LogP) is 2.05. The van der Waals surface area contributed by atoms with E-state index >= 15 is 0 Å². The number of carboxylic acid groups (broad SMARTS) is 1. The fourth-order valence-electron chi connectivity index (χ4n) is 2.21. The highest BCUT2D eigenvalue weighted by atomic mass is 19.1. The van der Waals surface area contributed by atoms with Crippen molar-refractivity contribution in [3.63, 3.8) is 0 Å². The molecule has 0 aromatic heterocycles. The van der Waals surface area contributed by atoms with Crippen LogP contribution in [0.1, 0.15) is 24.8 Å². The molecule has 0 unspecified atom stereocenters. The first-order valence-electron chi connectivity index (χ1n) is 5.32. The minimum atomic E-state index is -1.19. The monoisotopic (exact) mass is 240 g/mol. The third-order valence-electron chi connectivity index (χ3n) is 3.43. The molecule has 1 aromatic carbocycles. The normalized spacial score (nSPS) is 17.3. The van der Waals surface area contributed by atoms with Crippen molar-refractivity contribution in [2.75, 3.05) is 7.11 Å². The van der Waals surface area contributed by atoms with Gasteiger partial charge in [0.1, 0.15) is 0 Å². The SMILES string of the molecule is COc1ccc(C2(C(=O)O)CCC2)c(F)c1O. The van der Waals surface area contributed by atoms with E-state index in [1.54, 1.807) is 0 Å². The first-order chi connectivity index (χ1) is 8.03. The Morgan fingerprint density at radius 3 is 2.53 bits per heavy atom. The van der Waals surface area contributed by atoms with Crippen molar-refractivity contribution in [3.8, 4) is 11.5 Å². The summed E-state index contributed by atoms with van der Waals surface area (Å²) >= 11 is 0. The maximum absolute atomic E-state index is 13.9. The molecule has 0 heterocycles. The molecular formula is C12H13FO4. The van der Waals surface area contributed by atoms with Gasteiger partial charge in [0.05, 0.1) is 12.5 Å². The van der Waals surface area contributed by atoms with Crippen LogP contribution in [0.15, 0.2) is 12.1 Å². The van der Waals surface area contributed by atoms with Crippen LogP contribution in [0, 0.1) is 5.82 Å². The second kappa shape index (κ2) is 3.91. The van der Waals surface area contributed by atoms with Crippen molar-refractivity contribution < 1.29 is 24.1 Å². The first kappa shape index (κ1) is 11.7. The third kappa shape index (κ3) is 1.53. The van der Waals surface area contributed by atoms with E-state index in [1.165, 1.54) is 19.2 Å². The second-order valence-corrected chi connectivity index (χ2v) is 4.22. The second-order valence-electron chi connectivity index (χ2n) is 4.22. The molecule has 2 rings (SSSR count). The largest absolute Gasteiger partial charge is 0.502 e. The van der Waals surface area contributed by atoms with Crippen molar-refractivity contribution in [3.05, 3.63) is 23.5 Å². The molecule has 4 nitrogen and oxygen atoms in total. The van der Waals surface area contributed by atoms with Gasteiger partial charge in [0.15, 0.2) is 17.3 Å². The van der Waals surface area contributed by atoms with Gasteiger partial charge in [-0.1, -0.05) is 12.5 Å². The zero-order valence-electron chi connectivity index (χ0n) is 9.36. The van der Waals surface area contributed by atoms with E-state index < -0.39 is 23.0 Å². The minimum absolute atomic E-state index is 0.00566. The number of ether oxygens (including phenoxy) is 1. The highest BCUT2D eigenvalue weighted by Gasteiger charge is 2.48. The van der Waals surface area contributed by atoms with E-state index in [1.807, 2.05) is 0 Å². The van der Waals surface area contributed by atoms with E-state index in [2.05, 4.69) is 0 Å². The standard InChI is InChI=1S/C12H13FO4/c1-17-8-4-3-7(9(13)10(8)14)12(11(15)16)5-2-6-12/h3-4,14H,2,5-6H2,1H3,(H,15,16). The quantitative estimate of drug-likeness (QED) is 0.848. The van der Waals surface area contributed by atoms with Crippen LogP contribution in [0.3, 0.4) is 0 Å². The van der Waals surface area contributed by atoms with Gasteiger partial charge in [0.25, 0.3) is 0 Å². The topological polar surface area (TPSA) is 66.8 Å². The molecule has 0 bridgehead atoms. The highest BCUT2D eigenvalue weighted by Crippen LogP contribution is 2.47. The van der Waals surface area contributed by atoms with Crippen molar-refractivity contribution in [2.45, 2.75) is 24.7 Å². The number of methoxy groups -OCH3 is 1. The minimum Gasteiger partial charge on any atom is -0.502 e. The van der Waals surface area contributed by atoms with Gasteiger partial charge >= 0.3 is 5.97 Å². The number of halogens is 1. The molecule has 92 valence electrons. The first-order valence-corrected chi connectivity index (χ1v) is 5.32. The Kier molecular flexibility index (Phi) is 2.69. The zero-order chi connectivity index (χ0) is 12.6. The summed E-state index contributed by atoms with van der Waals surface area (Å²) in [5.74, 6) is -2.57. The number of phenols is 1. The maximum atomic E-state index is 13.9. The number of carbonyl (C=O) groups is 1. The number of carboxylic acids is 1. The molecule has 1 aliphatic rings. The molecule has 0 amide bonds. The summed E-state index contributed by atoms with van der Waals surface area (Å²) in [5.41, 5.74) is -1.15. The van der Waals surface area contributed by atoms with Gasteiger partial charge in [-0.25, -0.2) is 4.39 Å². The lowest BCUT2D eigenvalue weighted by atomic mass is 9.64. The van der Waals surface area contributed by atoms with Crippen LogP contribution in [-0.2, 0) is 10.2 Å². The summed E-state index contributed by atoms with van der Waals surface area (Å²) in [6.45, 7) is 0. The summed E-state index contributed by atoms with van der Waals surface area (Å²) in [7, 11) is 1.31. The number of hydrogen-bond donors (Lipinski definition) is 2. The van der Waals surface area contributed by atoms with E-state index in [0.717, 1.165) is 6.42 Å². The third-order valence-corrected chi connectivity index (χ3v) is 3.43. The van der Waals surface area contributed by atoms with Crippen LogP contribution in [0.2, 0.25) is 0 Å². The molecule has 2 N–H and O–H groups in total. The summed E-state index contributed by atoms with van der Waals surface area (Å²) < 4.78 is 18.7. The molecule has 1 fully saturated rings. The Morgan fingerprint density at radius 1 is 1.47 bits per heavy atom. The van der Waals surface area contributed by atoms with Crippen molar-refractivity contribution in [2.24, 2.45) is 0 Å². The summed E-state index contributed by atoms with van der Waals surface area (Å²) in [4.78, 5) is 11.2. The number of aliphatic carboxylic acids is 1. The molecule has 0 spiro atoms. The molecule has 17 heavy (non-hydrogen) atoms. The fraction of sp³-hybridized carbons (Fsp3) is 0.417. The summed E-state index contributed by atoms with van der Waals surface area (Å²) in [6, 6.07) is 2.76. The maximum Gasteiger partial charge on any atom is 0.314 e. The van der Waals surface area contributed by atoms with Crippen LogP contribution in [0.5, 0.6) is 11.5 Å². The molecule has 5 heteroatoms. The van der Waals surface area contributed by atoms with E-state index in [0.29, 0.717) is 12.8 Å². The average Bonchev–Trinajstić information content (AvgIpc) is 2.22. The van der Waals surface area contributed by atoms with Crippen LogP contribution >= 0.6 is 0 Å². The summed E-state index contributed by atoms with van der Waals surface area (Å²) in [6.07, 6.45) is 1.54. The van der Waals surface area contributed by atoms with Gasteiger partial charge in [-0.3, -0.25) is 4.79 Å². The van der Waals surface area contributed by atoms with Crippen molar-refractivity contribution in [1.82, 2.24) is 0 Å². The lowest BCUT2D eigenvalue weighted by Gasteiger charge is -2.38. The Morgan fingerprint density at radius 2 is 2.12 bits per heavy atom. The van der Waals surface area contributed by atoms with Gasteiger partial charge in [-0.05, 0) is 18.9 Å². The van der Waals surface area contributed by atoms with Crippen LogP contribution in [-0.4, -0.2) is 23.3 Å². The highest BCUT2D eigenvalue weighted by molar-refractivity contribution is 5.83. The molecular weight excluding hydrogens is 227 g/mol. The molecule has 0 atom stereocenters. The zero-order valence-corrected chi connectivity index (χ0v) is 9.36. The smallest absolute Gasteiger partial charge is 0.314 e. The van der Waals surface area contributed by atoms with E-state index in [-0.39, 0.29) is 11.3 Å². The molecule has 1 aliphatic carbocycles. The molecule has 0 saturated heterocycles. The molecule has 1 saturated carbocycles. The van der Waals surface area contributed by atoms with E-state index in [9.17, 15) is 19.4 Å². The Balaban J connectivity index is 2.53. The number of rotatable bonds is 3. The average molecular weight is 240 g/mol. The number of phenolic OH excluding ortho intramolecular Hbond substituents is 1. The number of aromatic hydroxyl groups is 1. The van der Waals surface area contributed by atoms with Gasteiger partial charge < -0.3 is 14.9 Å². The van der Waals surface area contributed by atoms with Gasteiger partial charge in [-0.15, -0.1) is 0 Å². The van der Waals surface area contributed by atoms with Crippen molar-refractivity contribution in [1.29, 1.82) is 0 Å². The number of benzene rings is 1. The van der Waals surface area contributed by atoms with Gasteiger partial charge in [-0.2, -0.15) is 0 Å². The van der Waals surface area contributed by atoms with Crippen molar-refractivity contribution >= 4 is 5.97 Å². The molecule has 1 aromatic rings. The Labute approximate surface area is 97.6 Å². The van der Waals surface area contributed by atoms with Crippen LogP contribution in [0.4, 0.5) is 4.39 Å². The number of hydrogen-bond acceptors (Lipinski definition) is 3. The molecule has 0 radical (unpaired) electrons. The van der Waals surface area contributed by atoms with Gasteiger partial charge in [0.2, 0.25) is 0 Å². The summed E-state index contributed by atoms with van der Waals surface area (Å²) in [5, 5.41) is 18.7. The van der Waals surface area contributed by atoms with Crippen LogP contribution in [0.25, 0.3) is 0 Å². The Hall–Kier alpha value is -1.78. The Bertz CT molecular complexity index is 466. The predicted molar refractivity (Wildman–Crippen MR) is 57.8 cm³/mol. The van der Waals surface area contributed by atoms with E-state index in [4.69, 9.17) is 4.74 Å². The van der Waals surface area contributed by atoms with Gasteiger partial charge in [0, 0.05) is 5.56 Å². The fourth-order valence-corrected chi connectivity index (χ4v) is 2.21. The lowest BCUT2D eigenvalue weighted by molar-refractivity contribution is -0.147. The van der Waals surface area contributed by atoms with Crippen LogP contribution < -0.4 is 4.74 Å².